The summed E-state index contributed by atoms with van der Waals surface area (Å²) in [4.78, 5) is 17.8. The van der Waals surface area contributed by atoms with E-state index in [-0.39, 0.29) is 0 Å². The summed E-state index contributed by atoms with van der Waals surface area (Å²) in [5.41, 5.74) is 0.990. The zero-order valence-electron chi connectivity index (χ0n) is 10.4. The topological polar surface area (TPSA) is 65.5 Å². The van der Waals surface area contributed by atoms with E-state index in [0.29, 0.717) is 13.1 Å². The van der Waals surface area contributed by atoms with Gasteiger partial charge in [-0.3, -0.25) is 9.69 Å². The smallest absolute Gasteiger partial charge is 0.322 e. The lowest BCUT2D eigenvalue weighted by Gasteiger charge is -2.32. The number of nitrogens with one attached hydrogen (secondary N) is 1. The number of carboxylic acid groups (broad SMARTS) is 1. The van der Waals surface area contributed by atoms with Crippen LogP contribution in [0, 0.1) is 0 Å². The predicted molar refractivity (Wildman–Crippen MR) is 74.3 cm³/mol. The van der Waals surface area contributed by atoms with Gasteiger partial charge in [-0.05, 0) is 12.1 Å². The summed E-state index contributed by atoms with van der Waals surface area (Å²) in [5.74, 6) is -0.770. The number of thiazole rings is 1. The Balaban J connectivity index is 1.80. The van der Waals surface area contributed by atoms with Crippen molar-refractivity contribution >= 4 is 27.5 Å². The molecule has 1 aromatic heterocycles. The molecule has 0 amide bonds. The summed E-state index contributed by atoms with van der Waals surface area (Å²) < 4.78 is 1.15. The average molecular weight is 277 g/mol. The van der Waals surface area contributed by atoms with Crippen molar-refractivity contribution in [2.45, 2.75) is 12.6 Å². The molecule has 3 rings (SSSR count). The van der Waals surface area contributed by atoms with Crippen LogP contribution in [0.2, 0.25) is 0 Å². The quantitative estimate of drug-likeness (QED) is 0.881. The van der Waals surface area contributed by atoms with Crippen LogP contribution >= 0.6 is 11.3 Å². The number of carboxylic acids is 1. The van der Waals surface area contributed by atoms with E-state index in [1.165, 1.54) is 0 Å². The van der Waals surface area contributed by atoms with Crippen molar-refractivity contribution in [1.82, 2.24) is 15.2 Å². The zero-order valence-corrected chi connectivity index (χ0v) is 11.2. The highest BCUT2D eigenvalue weighted by atomic mass is 32.1. The minimum Gasteiger partial charge on any atom is -0.480 e. The first kappa shape index (κ1) is 12.5. The Kier molecular flexibility index (Phi) is 3.46. The number of rotatable bonds is 3. The maximum Gasteiger partial charge on any atom is 0.322 e. The number of aromatic nitrogens is 1. The second kappa shape index (κ2) is 5.24. The summed E-state index contributed by atoms with van der Waals surface area (Å²) >= 11 is 1.64. The molecule has 1 fully saturated rings. The minimum absolute atomic E-state index is 0.458. The molecule has 19 heavy (non-hydrogen) atoms. The molecule has 0 aliphatic carbocycles. The molecule has 0 radical (unpaired) electrons. The van der Waals surface area contributed by atoms with E-state index < -0.39 is 12.0 Å². The Labute approximate surface area is 114 Å². The van der Waals surface area contributed by atoms with E-state index >= 15 is 0 Å². The van der Waals surface area contributed by atoms with Gasteiger partial charge in [0.2, 0.25) is 0 Å². The molecular weight excluding hydrogens is 262 g/mol. The lowest BCUT2D eigenvalue weighted by molar-refractivity contribution is -0.144. The van der Waals surface area contributed by atoms with Crippen molar-refractivity contribution in [3.8, 4) is 0 Å². The number of piperazine rings is 1. The Hall–Kier alpha value is -1.50. The Morgan fingerprint density at radius 2 is 2.37 bits per heavy atom. The fourth-order valence-electron chi connectivity index (χ4n) is 2.34. The number of fused-ring (bicyclic) bond motifs is 1. The van der Waals surface area contributed by atoms with Gasteiger partial charge in [0.15, 0.2) is 0 Å². The van der Waals surface area contributed by atoms with Gasteiger partial charge in [-0.2, -0.15) is 0 Å². The minimum atomic E-state index is -0.770. The van der Waals surface area contributed by atoms with Crippen LogP contribution in [0.4, 0.5) is 0 Å². The van der Waals surface area contributed by atoms with Crippen LogP contribution in [-0.4, -0.2) is 46.6 Å². The molecule has 1 atom stereocenters. The van der Waals surface area contributed by atoms with Gasteiger partial charge < -0.3 is 10.4 Å². The standard InChI is InChI=1S/C13H15N3O2S/c17-13(18)10-7-14-5-6-16(10)8-12-15-9-3-1-2-4-11(9)19-12/h1-4,10,14H,5-8H2,(H,17,18). The van der Waals surface area contributed by atoms with Crippen LogP contribution < -0.4 is 5.32 Å². The van der Waals surface area contributed by atoms with Crippen molar-refractivity contribution < 1.29 is 9.90 Å². The molecule has 0 bridgehead atoms. The molecule has 100 valence electrons. The number of para-hydroxylation sites is 1. The third kappa shape index (κ3) is 2.60. The van der Waals surface area contributed by atoms with Crippen molar-refractivity contribution in [3.63, 3.8) is 0 Å². The monoisotopic (exact) mass is 277 g/mol. The molecule has 1 aliphatic heterocycles. The highest BCUT2D eigenvalue weighted by Crippen LogP contribution is 2.23. The summed E-state index contributed by atoms with van der Waals surface area (Å²) in [5, 5.41) is 13.3. The Morgan fingerprint density at radius 3 is 3.16 bits per heavy atom. The first-order valence-electron chi connectivity index (χ1n) is 6.26. The molecule has 1 aromatic carbocycles. The molecule has 1 saturated heterocycles. The molecule has 0 saturated carbocycles. The normalized spacial score (nSPS) is 20.7. The average Bonchev–Trinajstić information content (AvgIpc) is 2.81. The van der Waals surface area contributed by atoms with Crippen molar-refractivity contribution in [2.24, 2.45) is 0 Å². The Bertz CT molecular complexity index is 565. The van der Waals surface area contributed by atoms with E-state index in [0.717, 1.165) is 28.3 Å². The molecule has 2 N–H and O–H groups in total. The van der Waals surface area contributed by atoms with Gasteiger partial charge in [-0.15, -0.1) is 11.3 Å². The third-order valence-electron chi connectivity index (χ3n) is 3.32. The maximum atomic E-state index is 11.2. The number of benzene rings is 1. The van der Waals surface area contributed by atoms with Gasteiger partial charge in [0.1, 0.15) is 11.0 Å². The number of nitrogens with zero attached hydrogens (tertiary/aromatic N) is 2. The molecule has 2 aromatic rings. The highest BCUT2D eigenvalue weighted by molar-refractivity contribution is 7.18. The SMILES string of the molecule is O=C(O)C1CNCCN1Cc1nc2ccccc2s1. The second-order valence-electron chi connectivity index (χ2n) is 4.60. The van der Waals surface area contributed by atoms with Crippen LogP contribution in [0.3, 0.4) is 0 Å². The number of carbonyl (C=O) groups is 1. The van der Waals surface area contributed by atoms with E-state index in [1.54, 1.807) is 11.3 Å². The van der Waals surface area contributed by atoms with Crippen LogP contribution in [0.15, 0.2) is 24.3 Å². The van der Waals surface area contributed by atoms with E-state index in [4.69, 9.17) is 0 Å². The van der Waals surface area contributed by atoms with E-state index in [2.05, 4.69) is 10.3 Å². The van der Waals surface area contributed by atoms with Crippen molar-refractivity contribution in [3.05, 3.63) is 29.3 Å². The fraction of sp³-hybridized carbons (Fsp3) is 0.385. The van der Waals surface area contributed by atoms with Crippen molar-refractivity contribution in [2.75, 3.05) is 19.6 Å². The lowest BCUT2D eigenvalue weighted by atomic mass is 10.2. The molecule has 6 heteroatoms. The number of aliphatic carboxylic acids is 1. The highest BCUT2D eigenvalue weighted by Gasteiger charge is 2.28. The molecule has 2 heterocycles. The van der Waals surface area contributed by atoms with E-state index in [1.807, 2.05) is 29.2 Å². The maximum absolute atomic E-state index is 11.2. The molecule has 1 unspecified atom stereocenters. The Morgan fingerprint density at radius 1 is 1.53 bits per heavy atom. The molecule has 5 nitrogen and oxygen atoms in total. The predicted octanol–water partition coefficient (Wildman–Crippen LogP) is 1.15. The van der Waals surface area contributed by atoms with Gasteiger partial charge in [-0.1, -0.05) is 12.1 Å². The first-order chi connectivity index (χ1) is 9.24. The molecular formula is C13H15N3O2S. The van der Waals surface area contributed by atoms with Crippen molar-refractivity contribution in [1.29, 1.82) is 0 Å². The lowest BCUT2D eigenvalue weighted by Crippen LogP contribution is -2.54. The summed E-state index contributed by atoms with van der Waals surface area (Å²) in [7, 11) is 0. The fourth-order valence-corrected chi connectivity index (χ4v) is 3.33. The first-order valence-corrected chi connectivity index (χ1v) is 7.08. The second-order valence-corrected chi connectivity index (χ2v) is 5.72. The van der Waals surface area contributed by atoms with Gasteiger partial charge in [0, 0.05) is 19.6 Å². The van der Waals surface area contributed by atoms with Gasteiger partial charge in [-0.25, -0.2) is 4.98 Å². The number of hydrogen-bond donors (Lipinski definition) is 2. The summed E-state index contributed by atoms with van der Waals surface area (Å²) in [6.45, 7) is 2.68. The summed E-state index contributed by atoms with van der Waals surface area (Å²) in [6, 6.07) is 7.54. The summed E-state index contributed by atoms with van der Waals surface area (Å²) in [6.07, 6.45) is 0. The van der Waals surface area contributed by atoms with Gasteiger partial charge in [0.25, 0.3) is 0 Å². The number of hydrogen-bond acceptors (Lipinski definition) is 5. The van der Waals surface area contributed by atoms with Crippen LogP contribution in [0.5, 0.6) is 0 Å². The third-order valence-corrected chi connectivity index (χ3v) is 4.34. The molecule has 0 spiro atoms. The van der Waals surface area contributed by atoms with Gasteiger partial charge >= 0.3 is 5.97 Å². The van der Waals surface area contributed by atoms with E-state index in [9.17, 15) is 9.90 Å². The van der Waals surface area contributed by atoms with Crippen LogP contribution in [0.25, 0.3) is 10.2 Å². The van der Waals surface area contributed by atoms with Crippen LogP contribution in [0.1, 0.15) is 5.01 Å². The van der Waals surface area contributed by atoms with Crippen LogP contribution in [-0.2, 0) is 11.3 Å². The van der Waals surface area contributed by atoms with Gasteiger partial charge in [0.05, 0.1) is 16.8 Å². The molecule has 1 aliphatic rings. The zero-order chi connectivity index (χ0) is 13.2. The largest absolute Gasteiger partial charge is 0.480 e.